The Labute approximate surface area is 129 Å². The Morgan fingerprint density at radius 3 is 2.33 bits per heavy atom. The van der Waals surface area contributed by atoms with Crippen LogP contribution in [0.15, 0.2) is 23.6 Å². The molecule has 0 aliphatic heterocycles. The van der Waals surface area contributed by atoms with Crippen LogP contribution in [0, 0.1) is 13.8 Å². The normalized spacial score (nSPS) is 11.5. The van der Waals surface area contributed by atoms with Gasteiger partial charge in [-0.1, -0.05) is 6.07 Å². The third-order valence-corrected chi connectivity index (χ3v) is 4.46. The maximum absolute atomic E-state index is 11.3. The first kappa shape index (κ1) is 15.5. The average molecular weight is 304 g/mol. The molecule has 0 atom stereocenters. The number of aryl methyl sites for hydroxylation is 2. The molecule has 2 aromatic rings. The summed E-state index contributed by atoms with van der Waals surface area (Å²) in [6.45, 7) is 7.46. The summed E-state index contributed by atoms with van der Waals surface area (Å²) in [4.78, 5) is 17.8. The molecule has 0 amide bonds. The Morgan fingerprint density at radius 1 is 1.24 bits per heavy atom. The van der Waals surface area contributed by atoms with Crippen molar-refractivity contribution in [2.24, 2.45) is 0 Å². The van der Waals surface area contributed by atoms with Gasteiger partial charge in [0.05, 0.1) is 5.69 Å². The van der Waals surface area contributed by atoms with Crippen LogP contribution in [0.4, 0.5) is 10.8 Å². The fourth-order valence-corrected chi connectivity index (χ4v) is 3.05. The zero-order chi connectivity index (χ0) is 15.8. The first-order valence-corrected chi connectivity index (χ1v) is 7.61. The number of hydrogen-bond acceptors (Lipinski definition) is 4. The Balaban J connectivity index is 2.35. The molecule has 1 aromatic carbocycles. The van der Waals surface area contributed by atoms with Gasteiger partial charge in [0.1, 0.15) is 5.41 Å². The number of anilines is 2. The fourth-order valence-electron chi connectivity index (χ4n) is 2.07. The monoisotopic (exact) mass is 304 g/mol. The predicted molar refractivity (Wildman–Crippen MR) is 86.8 cm³/mol. The van der Waals surface area contributed by atoms with E-state index < -0.39 is 11.4 Å². The molecule has 1 heterocycles. The Kier molecular flexibility index (Phi) is 4.05. The molecule has 21 heavy (non-hydrogen) atoms. The fraction of sp³-hybridized carbons (Fsp3) is 0.375. The molecule has 0 radical (unpaired) electrons. The van der Waals surface area contributed by atoms with Crippen molar-refractivity contribution in [3.63, 3.8) is 0 Å². The zero-order valence-electron chi connectivity index (χ0n) is 13.0. The zero-order valence-corrected chi connectivity index (χ0v) is 13.8. The molecule has 0 fully saturated rings. The number of hydrogen-bond donors (Lipinski definition) is 1. The molecular weight excluding hydrogens is 284 g/mol. The van der Waals surface area contributed by atoms with Crippen LogP contribution >= 0.6 is 11.3 Å². The van der Waals surface area contributed by atoms with E-state index in [2.05, 4.69) is 37.0 Å². The number of carboxylic acids is 1. The van der Waals surface area contributed by atoms with Crippen LogP contribution < -0.4 is 4.90 Å². The molecule has 5 heteroatoms. The highest BCUT2D eigenvalue weighted by atomic mass is 32.1. The number of aromatic nitrogens is 1. The lowest BCUT2D eigenvalue weighted by molar-refractivity contribution is -0.142. The minimum atomic E-state index is -0.974. The number of aliphatic carboxylic acids is 1. The molecule has 0 spiro atoms. The standard InChI is InChI=1S/C16H20N2O2S/c1-10-6-11(2)8-12(7-10)18(5)15-17-13(9-21-15)16(3,4)14(19)20/h6-9H,1-5H3,(H,19,20). The first-order valence-electron chi connectivity index (χ1n) is 6.73. The molecule has 2 rings (SSSR count). The van der Waals surface area contributed by atoms with E-state index in [0.29, 0.717) is 5.69 Å². The SMILES string of the molecule is Cc1cc(C)cc(N(C)c2nc(C(C)(C)C(=O)O)cs2)c1. The second-order valence-electron chi connectivity index (χ2n) is 5.85. The summed E-state index contributed by atoms with van der Waals surface area (Å²) >= 11 is 1.46. The largest absolute Gasteiger partial charge is 0.481 e. The summed E-state index contributed by atoms with van der Waals surface area (Å²) < 4.78 is 0. The number of carboxylic acid groups (broad SMARTS) is 1. The van der Waals surface area contributed by atoms with E-state index in [9.17, 15) is 9.90 Å². The summed E-state index contributed by atoms with van der Waals surface area (Å²) in [5, 5.41) is 11.9. The van der Waals surface area contributed by atoms with Gasteiger partial charge in [0, 0.05) is 18.1 Å². The molecule has 0 aliphatic carbocycles. The Hall–Kier alpha value is -1.88. The summed E-state index contributed by atoms with van der Waals surface area (Å²) in [6, 6.07) is 6.31. The highest BCUT2D eigenvalue weighted by molar-refractivity contribution is 7.13. The van der Waals surface area contributed by atoms with Crippen LogP contribution in [-0.4, -0.2) is 23.1 Å². The summed E-state index contributed by atoms with van der Waals surface area (Å²) in [5.41, 5.74) is 3.06. The number of benzene rings is 1. The van der Waals surface area contributed by atoms with Gasteiger partial charge in [-0.15, -0.1) is 11.3 Å². The highest BCUT2D eigenvalue weighted by Gasteiger charge is 2.32. The summed E-state index contributed by atoms with van der Waals surface area (Å²) in [5.74, 6) is -0.867. The van der Waals surface area contributed by atoms with E-state index in [1.165, 1.54) is 22.5 Å². The number of carbonyl (C=O) groups is 1. The van der Waals surface area contributed by atoms with Gasteiger partial charge in [0.2, 0.25) is 0 Å². The second kappa shape index (κ2) is 5.48. The van der Waals surface area contributed by atoms with E-state index in [-0.39, 0.29) is 0 Å². The van der Waals surface area contributed by atoms with E-state index in [0.717, 1.165) is 10.8 Å². The lowest BCUT2D eigenvalue weighted by Crippen LogP contribution is -2.29. The number of rotatable bonds is 4. The van der Waals surface area contributed by atoms with Crippen molar-refractivity contribution in [2.45, 2.75) is 33.1 Å². The highest BCUT2D eigenvalue weighted by Crippen LogP contribution is 2.32. The van der Waals surface area contributed by atoms with Gasteiger partial charge >= 0.3 is 5.97 Å². The number of thiazole rings is 1. The molecule has 0 unspecified atom stereocenters. The third-order valence-electron chi connectivity index (χ3n) is 3.55. The Morgan fingerprint density at radius 2 is 1.81 bits per heavy atom. The van der Waals surface area contributed by atoms with Gasteiger partial charge in [-0.2, -0.15) is 0 Å². The minimum absolute atomic E-state index is 0.589. The van der Waals surface area contributed by atoms with E-state index in [4.69, 9.17) is 0 Å². The lowest BCUT2D eigenvalue weighted by atomic mass is 9.90. The van der Waals surface area contributed by atoms with E-state index in [1.807, 2.05) is 17.3 Å². The van der Waals surface area contributed by atoms with Gasteiger partial charge in [0.15, 0.2) is 5.13 Å². The molecule has 1 N–H and O–H groups in total. The van der Waals surface area contributed by atoms with E-state index >= 15 is 0 Å². The van der Waals surface area contributed by atoms with Crippen LogP contribution in [0.5, 0.6) is 0 Å². The van der Waals surface area contributed by atoms with Crippen LogP contribution in [0.2, 0.25) is 0 Å². The van der Waals surface area contributed by atoms with Crippen molar-refractivity contribution in [1.82, 2.24) is 4.98 Å². The summed E-state index contributed by atoms with van der Waals surface area (Å²) in [7, 11) is 1.95. The van der Waals surface area contributed by atoms with Gasteiger partial charge < -0.3 is 10.0 Å². The predicted octanol–water partition coefficient (Wildman–Crippen LogP) is 3.89. The number of nitrogens with zero attached hydrogens (tertiary/aromatic N) is 2. The van der Waals surface area contributed by atoms with Crippen molar-refractivity contribution < 1.29 is 9.90 Å². The van der Waals surface area contributed by atoms with Crippen molar-refractivity contribution >= 4 is 28.1 Å². The smallest absolute Gasteiger partial charge is 0.315 e. The van der Waals surface area contributed by atoms with Crippen molar-refractivity contribution in [2.75, 3.05) is 11.9 Å². The molecular formula is C16H20N2O2S. The average Bonchev–Trinajstić information content (AvgIpc) is 2.86. The molecule has 0 saturated heterocycles. The van der Waals surface area contributed by atoms with Crippen molar-refractivity contribution in [1.29, 1.82) is 0 Å². The van der Waals surface area contributed by atoms with Gasteiger partial charge in [-0.25, -0.2) is 4.98 Å². The topological polar surface area (TPSA) is 53.4 Å². The van der Waals surface area contributed by atoms with Crippen LogP contribution in [0.3, 0.4) is 0 Å². The lowest BCUT2D eigenvalue weighted by Gasteiger charge is -2.19. The third kappa shape index (κ3) is 3.08. The van der Waals surface area contributed by atoms with E-state index in [1.54, 1.807) is 13.8 Å². The first-order chi connectivity index (χ1) is 9.71. The molecule has 112 valence electrons. The molecule has 1 aromatic heterocycles. The van der Waals surface area contributed by atoms with Crippen LogP contribution in [0.1, 0.15) is 30.7 Å². The molecule has 0 bridgehead atoms. The second-order valence-corrected chi connectivity index (χ2v) is 6.69. The van der Waals surface area contributed by atoms with Crippen molar-refractivity contribution in [3.8, 4) is 0 Å². The van der Waals surface area contributed by atoms with Gasteiger partial charge in [-0.3, -0.25) is 4.79 Å². The minimum Gasteiger partial charge on any atom is -0.481 e. The molecule has 0 saturated carbocycles. The van der Waals surface area contributed by atoms with Crippen molar-refractivity contribution in [3.05, 3.63) is 40.4 Å². The molecule has 0 aliphatic rings. The quantitative estimate of drug-likeness (QED) is 0.931. The maximum Gasteiger partial charge on any atom is 0.315 e. The van der Waals surface area contributed by atoms with Crippen LogP contribution in [0.25, 0.3) is 0 Å². The van der Waals surface area contributed by atoms with Gasteiger partial charge in [0.25, 0.3) is 0 Å². The maximum atomic E-state index is 11.3. The van der Waals surface area contributed by atoms with Crippen LogP contribution in [-0.2, 0) is 10.2 Å². The Bertz CT molecular complexity index is 656. The summed E-state index contributed by atoms with van der Waals surface area (Å²) in [6.07, 6.45) is 0. The molecule has 4 nitrogen and oxygen atoms in total. The van der Waals surface area contributed by atoms with Gasteiger partial charge in [-0.05, 0) is 51.0 Å².